The Morgan fingerprint density at radius 2 is 2.42 bits per heavy atom. The molecule has 2 aromatic heterocycles. The van der Waals surface area contributed by atoms with Crippen molar-refractivity contribution >= 4 is 17.3 Å². The molecule has 0 amide bonds. The smallest absolute Gasteiger partial charge is 0.180 e. The molecule has 0 aliphatic carbocycles. The topological polar surface area (TPSA) is 63.5 Å². The monoisotopic (exact) mass is 261 g/mol. The summed E-state index contributed by atoms with van der Waals surface area (Å²) in [6, 6.07) is 0.225. The van der Waals surface area contributed by atoms with Crippen LogP contribution in [0.15, 0.2) is 18.6 Å². The van der Waals surface area contributed by atoms with Crippen LogP contribution in [-0.4, -0.2) is 40.2 Å². The molecule has 2 unspecified atom stereocenters. The molecule has 1 aliphatic rings. The van der Waals surface area contributed by atoms with E-state index in [-0.39, 0.29) is 12.1 Å². The number of nitrogens with one attached hydrogen (secondary N) is 2. The molecular formula is C13H19N5O. The second kappa shape index (κ2) is 5.05. The van der Waals surface area contributed by atoms with Crippen LogP contribution in [0, 0.1) is 0 Å². The van der Waals surface area contributed by atoms with E-state index in [9.17, 15) is 0 Å². The number of imidazole rings is 1. The van der Waals surface area contributed by atoms with Gasteiger partial charge in [0.05, 0.1) is 18.3 Å². The van der Waals surface area contributed by atoms with Gasteiger partial charge in [0, 0.05) is 26.0 Å². The minimum atomic E-state index is 0.225. The number of hydrogen-bond acceptors (Lipinski definition) is 5. The molecule has 0 bridgehead atoms. The molecule has 2 aromatic rings. The number of rotatable bonds is 4. The first-order valence-electron chi connectivity index (χ1n) is 6.67. The van der Waals surface area contributed by atoms with E-state index in [2.05, 4.69) is 27.5 Å². The number of fused-ring (bicyclic) bond motifs is 1. The molecule has 19 heavy (non-hydrogen) atoms. The molecular weight excluding hydrogens is 242 g/mol. The predicted molar refractivity (Wildman–Crippen MR) is 74.6 cm³/mol. The van der Waals surface area contributed by atoms with E-state index in [0.717, 1.165) is 36.7 Å². The minimum absolute atomic E-state index is 0.225. The van der Waals surface area contributed by atoms with Gasteiger partial charge in [0.15, 0.2) is 11.5 Å². The zero-order valence-corrected chi connectivity index (χ0v) is 11.3. The van der Waals surface area contributed by atoms with Crippen molar-refractivity contribution in [2.45, 2.75) is 31.9 Å². The zero-order chi connectivity index (χ0) is 13.2. The Balaban J connectivity index is 1.88. The average Bonchev–Trinajstić information content (AvgIpc) is 3.09. The van der Waals surface area contributed by atoms with Crippen LogP contribution >= 0.6 is 0 Å². The number of hydrogen-bond donors (Lipinski definition) is 2. The fourth-order valence-electron chi connectivity index (χ4n) is 2.45. The Bertz CT molecular complexity index is 561. The first-order chi connectivity index (χ1) is 9.28. The van der Waals surface area contributed by atoms with Gasteiger partial charge in [-0.15, -0.1) is 0 Å². The van der Waals surface area contributed by atoms with Gasteiger partial charge in [0.1, 0.15) is 5.82 Å². The molecule has 1 fully saturated rings. The molecule has 2 N–H and O–H groups in total. The second-order valence-corrected chi connectivity index (χ2v) is 4.87. The maximum atomic E-state index is 5.70. The number of anilines is 2. The zero-order valence-electron chi connectivity index (χ0n) is 11.3. The molecule has 2 atom stereocenters. The van der Waals surface area contributed by atoms with Crippen LogP contribution in [0.2, 0.25) is 0 Å². The summed E-state index contributed by atoms with van der Waals surface area (Å²) in [4.78, 5) is 8.88. The maximum absolute atomic E-state index is 5.70. The van der Waals surface area contributed by atoms with Crippen molar-refractivity contribution in [3.8, 4) is 0 Å². The Morgan fingerprint density at radius 1 is 1.53 bits per heavy atom. The number of aromatic nitrogens is 3. The van der Waals surface area contributed by atoms with Gasteiger partial charge in [0.25, 0.3) is 0 Å². The van der Waals surface area contributed by atoms with Crippen LogP contribution < -0.4 is 10.6 Å². The van der Waals surface area contributed by atoms with E-state index >= 15 is 0 Å². The maximum Gasteiger partial charge on any atom is 0.180 e. The highest BCUT2D eigenvalue weighted by Gasteiger charge is 2.23. The van der Waals surface area contributed by atoms with Crippen molar-refractivity contribution in [1.29, 1.82) is 0 Å². The third-order valence-electron chi connectivity index (χ3n) is 3.52. The third kappa shape index (κ3) is 2.35. The Morgan fingerprint density at radius 3 is 3.16 bits per heavy atom. The van der Waals surface area contributed by atoms with Gasteiger partial charge in [-0.25, -0.2) is 9.97 Å². The lowest BCUT2D eigenvalue weighted by atomic mass is 10.1. The molecule has 0 saturated carbocycles. The highest BCUT2D eigenvalue weighted by Crippen LogP contribution is 2.21. The van der Waals surface area contributed by atoms with Crippen molar-refractivity contribution in [3.05, 3.63) is 18.6 Å². The van der Waals surface area contributed by atoms with E-state index in [0.29, 0.717) is 0 Å². The second-order valence-electron chi connectivity index (χ2n) is 4.87. The Kier molecular flexibility index (Phi) is 3.25. The summed E-state index contributed by atoms with van der Waals surface area (Å²) in [5, 5.41) is 6.49. The highest BCUT2D eigenvalue weighted by atomic mass is 16.5. The summed E-state index contributed by atoms with van der Waals surface area (Å²) >= 11 is 0. The van der Waals surface area contributed by atoms with Gasteiger partial charge < -0.3 is 19.8 Å². The van der Waals surface area contributed by atoms with Crippen LogP contribution in [0.1, 0.15) is 19.8 Å². The normalized spacial score (nSPS) is 20.6. The SMILES string of the molecule is CNc1cn2ccnc2c(NC(C)C2CCCO2)n1. The lowest BCUT2D eigenvalue weighted by Crippen LogP contribution is -2.30. The summed E-state index contributed by atoms with van der Waals surface area (Å²) in [5.74, 6) is 1.60. The molecule has 1 aliphatic heterocycles. The van der Waals surface area contributed by atoms with Crippen LogP contribution in [0.25, 0.3) is 5.65 Å². The van der Waals surface area contributed by atoms with Gasteiger partial charge >= 0.3 is 0 Å². The first kappa shape index (κ1) is 12.2. The van der Waals surface area contributed by atoms with E-state index < -0.39 is 0 Å². The van der Waals surface area contributed by atoms with Gasteiger partial charge in [-0.05, 0) is 19.8 Å². The fourth-order valence-corrected chi connectivity index (χ4v) is 2.45. The van der Waals surface area contributed by atoms with E-state index in [1.807, 2.05) is 23.8 Å². The van der Waals surface area contributed by atoms with E-state index in [4.69, 9.17) is 4.74 Å². The Hall–Kier alpha value is -1.82. The van der Waals surface area contributed by atoms with E-state index in [1.165, 1.54) is 0 Å². The summed E-state index contributed by atoms with van der Waals surface area (Å²) in [6.45, 7) is 2.99. The van der Waals surface area contributed by atoms with Gasteiger partial charge in [-0.3, -0.25) is 0 Å². The van der Waals surface area contributed by atoms with E-state index in [1.54, 1.807) is 6.20 Å². The van der Waals surface area contributed by atoms with Gasteiger partial charge in [0.2, 0.25) is 0 Å². The quantitative estimate of drug-likeness (QED) is 0.878. The number of nitrogens with zero attached hydrogens (tertiary/aromatic N) is 3. The lowest BCUT2D eigenvalue weighted by Gasteiger charge is -2.21. The van der Waals surface area contributed by atoms with Gasteiger partial charge in [-0.1, -0.05) is 0 Å². The molecule has 3 heterocycles. The van der Waals surface area contributed by atoms with Crippen LogP contribution in [0.5, 0.6) is 0 Å². The molecule has 0 aromatic carbocycles. The fraction of sp³-hybridized carbons (Fsp3) is 0.538. The Labute approximate surface area is 112 Å². The predicted octanol–water partition coefficient (Wildman–Crippen LogP) is 1.75. The lowest BCUT2D eigenvalue weighted by molar-refractivity contribution is 0.0996. The minimum Gasteiger partial charge on any atom is -0.376 e. The van der Waals surface area contributed by atoms with Crippen LogP contribution in [0.3, 0.4) is 0 Å². The molecule has 102 valence electrons. The van der Waals surface area contributed by atoms with Crippen molar-refractivity contribution in [2.75, 3.05) is 24.3 Å². The largest absolute Gasteiger partial charge is 0.376 e. The molecule has 3 rings (SSSR count). The molecule has 0 radical (unpaired) electrons. The highest BCUT2D eigenvalue weighted by molar-refractivity contribution is 5.65. The average molecular weight is 261 g/mol. The summed E-state index contributed by atoms with van der Waals surface area (Å²) in [7, 11) is 1.86. The van der Waals surface area contributed by atoms with Crippen LogP contribution in [-0.2, 0) is 4.74 Å². The standard InChI is InChI=1S/C13H19N5O/c1-9(10-4-3-7-19-10)16-12-13-15-5-6-18(13)8-11(14-2)17-12/h5-6,8-10,14H,3-4,7H2,1-2H3,(H,16,17). The van der Waals surface area contributed by atoms with Crippen molar-refractivity contribution in [2.24, 2.45) is 0 Å². The van der Waals surface area contributed by atoms with Crippen molar-refractivity contribution < 1.29 is 4.74 Å². The summed E-state index contributed by atoms with van der Waals surface area (Å²) in [6.07, 6.45) is 8.11. The van der Waals surface area contributed by atoms with Gasteiger partial charge in [-0.2, -0.15) is 0 Å². The first-order valence-corrected chi connectivity index (χ1v) is 6.67. The summed E-state index contributed by atoms with van der Waals surface area (Å²) < 4.78 is 7.67. The summed E-state index contributed by atoms with van der Waals surface area (Å²) in [5.41, 5.74) is 0.837. The van der Waals surface area contributed by atoms with Crippen molar-refractivity contribution in [1.82, 2.24) is 14.4 Å². The molecule has 6 heteroatoms. The molecule has 1 saturated heterocycles. The van der Waals surface area contributed by atoms with Crippen LogP contribution in [0.4, 0.5) is 11.6 Å². The van der Waals surface area contributed by atoms with Crippen molar-refractivity contribution in [3.63, 3.8) is 0 Å². The third-order valence-corrected chi connectivity index (χ3v) is 3.52. The molecule has 0 spiro atoms. The molecule has 6 nitrogen and oxygen atoms in total. The number of ether oxygens (including phenoxy) is 1.